The Balaban J connectivity index is 2.61. The van der Waals surface area contributed by atoms with Gasteiger partial charge < -0.3 is 10.1 Å². The van der Waals surface area contributed by atoms with E-state index in [-0.39, 0.29) is 17.5 Å². The molecule has 1 saturated heterocycles. The number of nitrogens with one attached hydrogen (secondary N) is 1. The molecular weight excluding hydrogens is 199 g/mol. The quantitative estimate of drug-likeness (QED) is 0.717. The molecule has 4 heteroatoms. The van der Waals surface area contributed by atoms with Crippen LogP contribution in [0.3, 0.4) is 0 Å². The molecule has 16 heavy (non-hydrogen) atoms. The largest absolute Gasteiger partial charge is 0.349 e. The van der Waals surface area contributed by atoms with Crippen molar-refractivity contribution in [3.63, 3.8) is 0 Å². The standard InChI is InChI=1S/C12H23BN2O/c1-4-12(5-2,6-3)14-11(16)10-8-7-9-15(10)13/h10H,4-9H2,1-3H3,(H,14,16). The van der Waals surface area contributed by atoms with Crippen molar-refractivity contribution in [1.29, 1.82) is 0 Å². The number of amides is 1. The zero-order valence-electron chi connectivity index (χ0n) is 10.8. The zero-order valence-corrected chi connectivity index (χ0v) is 10.8. The first-order valence-electron chi connectivity index (χ1n) is 6.42. The summed E-state index contributed by atoms with van der Waals surface area (Å²) in [5.74, 6) is 0.102. The first-order valence-corrected chi connectivity index (χ1v) is 6.42. The Morgan fingerprint density at radius 1 is 1.38 bits per heavy atom. The molecule has 3 nitrogen and oxygen atoms in total. The van der Waals surface area contributed by atoms with Gasteiger partial charge in [0.15, 0.2) is 7.98 Å². The molecule has 0 aromatic heterocycles. The maximum atomic E-state index is 12.1. The first kappa shape index (κ1) is 13.6. The molecule has 2 radical (unpaired) electrons. The van der Waals surface area contributed by atoms with Crippen molar-refractivity contribution in [2.24, 2.45) is 0 Å². The predicted octanol–water partition coefficient (Wildman–Crippen LogP) is 1.62. The minimum atomic E-state index is -0.121. The van der Waals surface area contributed by atoms with Crippen LogP contribution in [-0.4, -0.2) is 36.8 Å². The highest BCUT2D eigenvalue weighted by molar-refractivity contribution is 6.07. The average Bonchev–Trinajstić information content (AvgIpc) is 2.72. The van der Waals surface area contributed by atoms with Gasteiger partial charge in [0.2, 0.25) is 5.91 Å². The summed E-state index contributed by atoms with van der Waals surface area (Å²) in [6.07, 6.45) is 4.83. The topological polar surface area (TPSA) is 32.3 Å². The van der Waals surface area contributed by atoms with Crippen LogP contribution in [0.1, 0.15) is 52.9 Å². The number of carbonyl (C=O) groups is 1. The molecule has 1 amide bonds. The molecule has 0 spiro atoms. The summed E-state index contributed by atoms with van der Waals surface area (Å²) in [6.45, 7) is 7.21. The second-order valence-corrected chi connectivity index (χ2v) is 4.73. The van der Waals surface area contributed by atoms with Gasteiger partial charge in [0, 0.05) is 5.54 Å². The first-order chi connectivity index (χ1) is 7.58. The summed E-state index contributed by atoms with van der Waals surface area (Å²) in [7, 11) is 5.80. The summed E-state index contributed by atoms with van der Waals surface area (Å²) >= 11 is 0. The molecule has 1 heterocycles. The fourth-order valence-electron chi connectivity index (χ4n) is 2.43. The Bertz CT molecular complexity index is 233. The van der Waals surface area contributed by atoms with E-state index in [0.29, 0.717) is 0 Å². The van der Waals surface area contributed by atoms with Crippen molar-refractivity contribution in [3.8, 4) is 0 Å². The lowest BCUT2D eigenvalue weighted by atomic mass is 9.89. The van der Waals surface area contributed by atoms with Crippen LogP contribution in [0.5, 0.6) is 0 Å². The molecule has 0 aliphatic carbocycles. The molecule has 1 atom stereocenters. The molecule has 1 unspecified atom stereocenters. The highest BCUT2D eigenvalue weighted by atomic mass is 16.2. The SMILES string of the molecule is [B]N1CCCC1C(=O)NC(CC)(CC)CC. The van der Waals surface area contributed by atoms with Crippen LogP contribution in [0.15, 0.2) is 0 Å². The van der Waals surface area contributed by atoms with E-state index < -0.39 is 0 Å². The van der Waals surface area contributed by atoms with Gasteiger partial charge in [0.25, 0.3) is 0 Å². The lowest BCUT2D eigenvalue weighted by molar-refractivity contribution is -0.126. The molecule has 1 fully saturated rings. The average molecular weight is 222 g/mol. The van der Waals surface area contributed by atoms with Crippen LogP contribution in [0, 0.1) is 0 Å². The van der Waals surface area contributed by atoms with Crippen molar-refractivity contribution < 1.29 is 4.79 Å². The van der Waals surface area contributed by atoms with Crippen LogP contribution in [-0.2, 0) is 4.79 Å². The van der Waals surface area contributed by atoms with Crippen LogP contribution >= 0.6 is 0 Å². The summed E-state index contributed by atoms with van der Waals surface area (Å²) in [5.41, 5.74) is -0.0412. The van der Waals surface area contributed by atoms with Crippen LogP contribution in [0.25, 0.3) is 0 Å². The Kier molecular flexibility index (Phi) is 4.84. The van der Waals surface area contributed by atoms with Crippen molar-refractivity contribution >= 4 is 13.9 Å². The fraction of sp³-hybridized carbons (Fsp3) is 0.917. The van der Waals surface area contributed by atoms with E-state index in [1.54, 1.807) is 4.81 Å². The third kappa shape index (κ3) is 2.79. The van der Waals surface area contributed by atoms with Crippen LogP contribution < -0.4 is 5.32 Å². The lowest BCUT2D eigenvalue weighted by Gasteiger charge is -2.34. The molecular formula is C12H23BN2O. The van der Waals surface area contributed by atoms with E-state index >= 15 is 0 Å². The molecule has 1 N–H and O–H groups in total. The van der Waals surface area contributed by atoms with Gasteiger partial charge in [-0.25, -0.2) is 0 Å². The number of rotatable bonds is 5. The van der Waals surface area contributed by atoms with Gasteiger partial charge in [-0.15, -0.1) is 0 Å². The second kappa shape index (κ2) is 5.71. The van der Waals surface area contributed by atoms with E-state index in [1.807, 2.05) is 0 Å². The van der Waals surface area contributed by atoms with E-state index in [2.05, 4.69) is 26.1 Å². The Labute approximate surface area is 100 Å². The van der Waals surface area contributed by atoms with Gasteiger partial charge in [-0.05, 0) is 38.6 Å². The van der Waals surface area contributed by atoms with E-state index in [4.69, 9.17) is 7.98 Å². The normalized spacial score (nSPS) is 22.3. The minimum Gasteiger partial charge on any atom is -0.349 e. The Morgan fingerprint density at radius 2 is 1.94 bits per heavy atom. The summed E-state index contributed by atoms with van der Waals surface area (Å²) in [4.78, 5) is 13.8. The van der Waals surface area contributed by atoms with E-state index in [9.17, 15) is 4.79 Å². The van der Waals surface area contributed by atoms with Gasteiger partial charge >= 0.3 is 0 Å². The number of carbonyl (C=O) groups excluding carboxylic acids is 1. The third-order valence-corrected chi connectivity index (χ3v) is 4.02. The van der Waals surface area contributed by atoms with Gasteiger partial charge in [-0.1, -0.05) is 20.8 Å². The van der Waals surface area contributed by atoms with E-state index in [0.717, 1.165) is 38.6 Å². The van der Waals surface area contributed by atoms with Crippen LogP contribution in [0.4, 0.5) is 0 Å². The highest BCUT2D eigenvalue weighted by Crippen LogP contribution is 2.21. The Morgan fingerprint density at radius 3 is 2.31 bits per heavy atom. The molecule has 1 aliphatic rings. The summed E-state index contributed by atoms with van der Waals surface area (Å²) in [6, 6.07) is -0.121. The Hall–Kier alpha value is -0.505. The van der Waals surface area contributed by atoms with Gasteiger partial charge in [-0.3, -0.25) is 4.79 Å². The molecule has 0 saturated carbocycles. The molecule has 0 aromatic carbocycles. The molecule has 1 aliphatic heterocycles. The molecule has 0 aromatic rings. The number of hydrogen-bond acceptors (Lipinski definition) is 2. The number of nitrogens with zero attached hydrogens (tertiary/aromatic N) is 1. The third-order valence-electron chi connectivity index (χ3n) is 4.02. The highest BCUT2D eigenvalue weighted by Gasteiger charge is 2.32. The summed E-state index contributed by atoms with van der Waals surface area (Å²) < 4.78 is 0. The maximum Gasteiger partial charge on any atom is 0.236 e. The van der Waals surface area contributed by atoms with Crippen LogP contribution in [0.2, 0.25) is 0 Å². The molecule has 90 valence electrons. The minimum absolute atomic E-state index is 0.0412. The lowest BCUT2D eigenvalue weighted by Crippen LogP contribution is -2.53. The zero-order chi connectivity index (χ0) is 12.2. The van der Waals surface area contributed by atoms with Gasteiger partial charge in [-0.2, -0.15) is 0 Å². The smallest absolute Gasteiger partial charge is 0.236 e. The monoisotopic (exact) mass is 222 g/mol. The molecule has 0 bridgehead atoms. The molecule has 1 rings (SSSR count). The predicted molar refractivity (Wildman–Crippen MR) is 67.2 cm³/mol. The van der Waals surface area contributed by atoms with Crippen molar-refractivity contribution in [3.05, 3.63) is 0 Å². The second-order valence-electron chi connectivity index (χ2n) is 4.73. The van der Waals surface area contributed by atoms with Crippen molar-refractivity contribution in [2.45, 2.75) is 64.5 Å². The number of hydrogen-bond donors (Lipinski definition) is 1. The maximum absolute atomic E-state index is 12.1. The van der Waals surface area contributed by atoms with Crippen molar-refractivity contribution in [2.75, 3.05) is 6.54 Å². The fourth-order valence-corrected chi connectivity index (χ4v) is 2.43. The van der Waals surface area contributed by atoms with E-state index in [1.165, 1.54) is 0 Å². The van der Waals surface area contributed by atoms with Gasteiger partial charge in [0.05, 0.1) is 6.04 Å². The van der Waals surface area contributed by atoms with Crippen molar-refractivity contribution in [1.82, 2.24) is 10.1 Å². The summed E-state index contributed by atoms with van der Waals surface area (Å²) in [5, 5.41) is 3.19. The van der Waals surface area contributed by atoms with Gasteiger partial charge in [0.1, 0.15) is 0 Å².